The average molecular weight is 408 g/mol. The number of aryl methyl sites for hydroxylation is 1. The molecule has 158 valence electrons. The van der Waals surface area contributed by atoms with Crippen LogP contribution in [0.4, 0.5) is 11.4 Å². The molecule has 2 aromatic carbocycles. The van der Waals surface area contributed by atoms with Crippen LogP contribution in [-0.2, 0) is 10.2 Å². The number of nitro benzene ring substituents is 1. The summed E-state index contributed by atoms with van der Waals surface area (Å²) < 4.78 is 6.12. The van der Waals surface area contributed by atoms with Gasteiger partial charge in [0.15, 0.2) is 0 Å². The lowest BCUT2D eigenvalue weighted by molar-refractivity contribution is -0.384. The number of anilines is 1. The van der Waals surface area contributed by atoms with E-state index in [0.717, 1.165) is 61.1 Å². The molecular weight excluding hydrogens is 380 g/mol. The van der Waals surface area contributed by atoms with E-state index in [2.05, 4.69) is 5.32 Å². The number of ether oxygens (including phenoxy) is 1. The van der Waals surface area contributed by atoms with Gasteiger partial charge in [0.25, 0.3) is 5.69 Å². The number of nitrogens with one attached hydrogen (secondary N) is 1. The molecule has 0 aliphatic heterocycles. The van der Waals surface area contributed by atoms with E-state index in [1.807, 2.05) is 25.1 Å². The van der Waals surface area contributed by atoms with Gasteiger partial charge in [-0.25, -0.2) is 0 Å². The number of hydrogen-bond donors (Lipinski definition) is 1. The van der Waals surface area contributed by atoms with Gasteiger partial charge in [0, 0.05) is 17.8 Å². The highest BCUT2D eigenvalue weighted by atomic mass is 16.6. The Morgan fingerprint density at radius 1 is 1.07 bits per heavy atom. The van der Waals surface area contributed by atoms with Crippen molar-refractivity contribution in [1.29, 1.82) is 0 Å². The first kappa shape index (κ1) is 20.4. The molecule has 1 amide bonds. The van der Waals surface area contributed by atoms with Crippen molar-refractivity contribution in [3.05, 3.63) is 63.7 Å². The van der Waals surface area contributed by atoms with Gasteiger partial charge in [0.1, 0.15) is 5.75 Å². The van der Waals surface area contributed by atoms with Crippen molar-refractivity contribution >= 4 is 17.3 Å². The van der Waals surface area contributed by atoms with Crippen molar-refractivity contribution < 1.29 is 14.5 Å². The molecule has 0 aromatic heterocycles. The highest BCUT2D eigenvalue weighted by Gasteiger charge is 2.42. The third-order valence-electron chi connectivity index (χ3n) is 6.55. The molecule has 0 saturated heterocycles. The maximum absolute atomic E-state index is 13.4. The van der Waals surface area contributed by atoms with Crippen LogP contribution in [0.5, 0.6) is 5.75 Å². The maximum Gasteiger partial charge on any atom is 0.269 e. The Kier molecular flexibility index (Phi) is 5.75. The first-order valence-electron chi connectivity index (χ1n) is 10.8. The number of benzene rings is 2. The predicted octanol–water partition coefficient (Wildman–Crippen LogP) is 5.68. The third-order valence-corrected chi connectivity index (χ3v) is 6.55. The number of nitrogens with zero attached hydrogens (tertiary/aromatic N) is 1. The first-order chi connectivity index (χ1) is 14.5. The molecule has 4 rings (SSSR count). The molecular formula is C24H28N2O4. The number of amides is 1. The number of carbonyl (C=O) groups is 1. The quantitative estimate of drug-likeness (QED) is 0.493. The normalized spacial score (nSPS) is 18.3. The Balaban J connectivity index is 1.52. The lowest BCUT2D eigenvalue weighted by Gasteiger charge is -2.28. The molecule has 30 heavy (non-hydrogen) atoms. The lowest BCUT2D eigenvalue weighted by Crippen LogP contribution is -2.38. The van der Waals surface area contributed by atoms with Crippen molar-refractivity contribution in [2.75, 3.05) is 5.32 Å². The molecule has 0 bridgehead atoms. The minimum atomic E-state index is -0.637. The fourth-order valence-electron chi connectivity index (χ4n) is 4.82. The second-order valence-corrected chi connectivity index (χ2v) is 8.55. The van der Waals surface area contributed by atoms with Gasteiger partial charge in [-0.15, -0.1) is 0 Å². The summed E-state index contributed by atoms with van der Waals surface area (Å²) >= 11 is 0. The van der Waals surface area contributed by atoms with Crippen LogP contribution >= 0.6 is 0 Å². The lowest BCUT2D eigenvalue weighted by atomic mass is 9.78. The standard InChI is InChI=1S/C24H28N2O4/c1-17-16-19(10-13-22(17)30-21-6-2-3-7-21)25-23(27)24(14-4-5-15-24)18-8-11-20(12-9-18)26(28)29/h8-13,16,21H,2-7,14-15H2,1H3,(H,25,27). The Labute approximate surface area is 176 Å². The summed E-state index contributed by atoms with van der Waals surface area (Å²) in [4.78, 5) is 23.9. The number of non-ortho nitro benzene ring substituents is 1. The summed E-state index contributed by atoms with van der Waals surface area (Å²) in [5, 5.41) is 14.1. The van der Waals surface area contributed by atoms with Gasteiger partial charge in [-0.2, -0.15) is 0 Å². The first-order valence-corrected chi connectivity index (χ1v) is 10.8. The molecule has 6 nitrogen and oxygen atoms in total. The van der Waals surface area contributed by atoms with Crippen molar-refractivity contribution in [3.8, 4) is 5.75 Å². The molecule has 0 atom stereocenters. The summed E-state index contributed by atoms with van der Waals surface area (Å²) in [5.74, 6) is 0.837. The van der Waals surface area contributed by atoms with Crippen LogP contribution in [0.2, 0.25) is 0 Å². The Morgan fingerprint density at radius 2 is 1.73 bits per heavy atom. The predicted molar refractivity (Wildman–Crippen MR) is 116 cm³/mol. The van der Waals surface area contributed by atoms with E-state index in [4.69, 9.17) is 4.74 Å². The second kappa shape index (κ2) is 8.46. The van der Waals surface area contributed by atoms with Crippen molar-refractivity contribution in [3.63, 3.8) is 0 Å². The minimum absolute atomic E-state index is 0.0424. The fourth-order valence-corrected chi connectivity index (χ4v) is 4.82. The molecule has 0 spiro atoms. The highest BCUT2D eigenvalue weighted by molar-refractivity contribution is 5.99. The summed E-state index contributed by atoms with van der Waals surface area (Å²) in [7, 11) is 0. The number of rotatable bonds is 6. The van der Waals surface area contributed by atoms with Gasteiger partial charge in [-0.1, -0.05) is 25.0 Å². The smallest absolute Gasteiger partial charge is 0.269 e. The Hall–Kier alpha value is -2.89. The van der Waals surface area contributed by atoms with Crippen molar-refractivity contribution in [2.45, 2.75) is 69.8 Å². The molecule has 2 aliphatic carbocycles. The monoisotopic (exact) mass is 408 g/mol. The van der Waals surface area contributed by atoms with E-state index < -0.39 is 10.3 Å². The zero-order valence-corrected chi connectivity index (χ0v) is 17.4. The highest BCUT2D eigenvalue weighted by Crippen LogP contribution is 2.42. The van der Waals surface area contributed by atoms with Crippen LogP contribution in [0.1, 0.15) is 62.5 Å². The molecule has 2 saturated carbocycles. The average Bonchev–Trinajstić information content (AvgIpc) is 3.43. The van der Waals surface area contributed by atoms with E-state index in [9.17, 15) is 14.9 Å². The molecule has 6 heteroatoms. The summed E-state index contributed by atoms with van der Waals surface area (Å²) in [6.07, 6.45) is 8.40. The van der Waals surface area contributed by atoms with E-state index in [-0.39, 0.29) is 11.6 Å². The molecule has 2 fully saturated rings. The fraction of sp³-hybridized carbons (Fsp3) is 0.458. The molecule has 0 heterocycles. The van der Waals surface area contributed by atoms with E-state index in [1.54, 1.807) is 12.1 Å². The van der Waals surface area contributed by atoms with Gasteiger partial charge in [0.05, 0.1) is 16.4 Å². The van der Waals surface area contributed by atoms with Crippen molar-refractivity contribution in [2.24, 2.45) is 0 Å². The van der Waals surface area contributed by atoms with Crippen LogP contribution in [-0.4, -0.2) is 16.9 Å². The summed E-state index contributed by atoms with van der Waals surface area (Å²) in [6, 6.07) is 12.2. The Morgan fingerprint density at radius 3 is 2.33 bits per heavy atom. The maximum atomic E-state index is 13.4. The Bertz CT molecular complexity index is 927. The van der Waals surface area contributed by atoms with Gasteiger partial charge < -0.3 is 10.1 Å². The van der Waals surface area contributed by atoms with Crippen molar-refractivity contribution in [1.82, 2.24) is 0 Å². The van der Waals surface area contributed by atoms with E-state index in [1.165, 1.54) is 25.0 Å². The zero-order chi connectivity index (χ0) is 21.1. The minimum Gasteiger partial charge on any atom is -0.490 e. The van der Waals surface area contributed by atoms with Crippen LogP contribution < -0.4 is 10.1 Å². The SMILES string of the molecule is Cc1cc(NC(=O)C2(c3ccc([N+](=O)[O-])cc3)CCCC2)ccc1OC1CCCC1. The molecule has 2 aliphatic rings. The van der Waals surface area contributed by atoms with Crippen LogP contribution in [0.3, 0.4) is 0 Å². The van der Waals surface area contributed by atoms with Crippen LogP contribution in [0.25, 0.3) is 0 Å². The van der Waals surface area contributed by atoms with Gasteiger partial charge >= 0.3 is 0 Å². The van der Waals surface area contributed by atoms with Gasteiger partial charge in [0.2, 0.25) is 5.91 Å². The zero-order valence-electron chi connectivity index (χ0n) is 17.4. The number of nitro groups is 1. The van der Waals surface area contributed by atoms with E-state index in [0.29, 0.717) is 6.10 Å². The second-order valence-electron chi connectivity index (χ2n) is 8.55. The van der Waals surface area contributed by atoms with Crippen LogP contribution in [0, 0.1) is 17.0 Å². The molecule has 1 N–H and O–H groups in total. The summed E-state index contributed by atoms with van der Waals surface area (Å²) in [6.45, 7) is 2.00. The third kappa shape index (κ3) is 4.04. The molecule has 0 unspecified atom stereocenters. The van der Waals surface area contributed by atoms with Crippen LogP contribution in [0.15, 0.2) is 42.5 Å². The topological polar surface area (TPSA) is 81.5 Å². The largest absolute Gasteiger partial charge is 0.490 e. The van der Waals surface area contributed by atoms with Gasteiger partial charge in [-0.05, 0) is 74.8 Å². The molecule has 0 radical (unpaired) electrons. The molecule has 2 aromatic rings. The number of carbonyl (C=O) groups excluding carboxylic acids is 1. The van der Waals surface area contributed by atoms with Gasteiger partial charge in [-0.3, -0.25) is 14.9 Å². The summed E-state index contributed by atoms with van der Waals surface area (Å²) in [5.41, 5.74) is 2.02. The van der Waals surface area contributed by atoms with E-state index >= 15 is 0 Å². The number of hydrogen-bond acceptors (Lipinski definition) is 4.